The van der Waals surface area contributed by atoms with E-state index in [2.05, 4.69) is 58.1 Å². The molecule has 0 amide bonds. The van der Waals surface area contributed by atoms with Gasteiger partial charge in [-0.15, -0.1) is 0 Å². The van der Waals surface area contributed by atoms with Crippen LogP contribution >= 0.6 is 11.3 Å². The Bertz CT molecular complexity index is 475. The number of aliphatic imine (C=N–C) groups is 1. The van der Waals surface area contributed by atoms with Gasteiger partial charge < -0.3 is 10.6 Å². The zero-order chi connectivity index (χ0) is 16.7. The molecule has 1 aliphatic heterocycles. The van der Waals surface area contributed by atoms with Crippen LogP contribution in [0.4, 0.5) is 0 Å². The number of rotatable bonds is 6. The maximum Gasteiger partial charge on any atom is 0.191 e. The van der Waals surface area contributed by atoms with Gasteiger partial charge in [0.25, 0.3) is 0 Å². The lowest BCUT2D eigenvalue weighted by atomic mass is 9.98. The van der Waals surface area contributed by atoms with Gasteiger partial charge in [0, 0.05) is 25.7 Å². The van der Waals surface area contributed by atoms with E-state index in [0.29, 0.717) is 5.92 Å². The van der Waals surface area contributed by atoms with E-state index in [4.69, 9.17) is 0 Å². The molecule has 5 heteroatoms. The van der Waals surface area contributed by atoms with Crippen molar-refractivity contribution in [2.75, 3.05) is 33.2 Å². The van der Waals surface area contributed by atoms with Crippen LogP contribution in [0.1, 0.15) is 51.5 Å². The highest BCUT2D eigenvalue weighted by molar-refractivity contribution is 7.07. The van der Waals surface area contributed by atoms with Crippen molar-refractivity contribution in [3.63, 3.8) is 0 Å². The fourth-order valence-corrected chi connectivity index (χ4v) is 3.84. The van der Waals surface area contributed by atoms with Crippen molar-refractivity contribution < 1.29 is 0 Å². The molecule has 130 valence electrons. The second-order valence-corrected chi connectivity index (χ2v) is 7.90. The van der Waals surface area contributed by atoms with Gasteiger partial charge in [-0.2, -0.15) is 11.3 Å². The SMILES string of the molecule is CN=C(NCC(C)c1ccsc1)NCC(C)(C)N1CCCCC1. The number of hydrogen-bond acceptors (Lipinski definition) is 3. The molecule has 4 nitrogen and oxygen atoms in total. The van der Waals surface area contributed by atoms with E-state index in [1.165, 1.54) is 37.9 Å². The van der Waals surface area contributed by atoms with Gasteiger partial charge in [0.2, 0.25) is 0 Å². The summed E-state index contributed by atoms with van der Waals surface area (Å²) in [4.78, 5) is 6.97. The second kappa shape index (κ2) is 8.69. The first-order chi connectivity index (χ1) is 11.0. The van der Waals surface area contributed by atoms with Crippen LogP contribution in [0, 0.1) is 0 Å². The van der Waals surface area contributed by atoms with Crippen LogP contribution in [-0.4, -0.2) is 49.6 Å². The molecule has 0 saturated carbocycles. The fourth-order valence-electron chi connectivity index (χ4n) is 3.05. The molecule has 1 saturated heterocycles. The molecule has 0 radical (unpaired) electrons. The highest BCUT2D eigenvalue weighted by atomic mass is 32.1. The third kappa shape index (κ3) is 5.50. The molecular formula is C18H32N4S. The Balaban J connectivity index is 1.78. The van der Waals surface area contributed by atoms with Crippen LogP contribution < -0.4 is 10.6 Å². The molecule has 23 heavy (non-hydrogen) atoms. The molecule has 1 aliphatic rings. The number of piperidine rings is 1. The van der Waals surface area contributed by atoms with Crippen LogP contribution in [0.5, 0.6) is 0 Å². The Morgan fingerprint density at radius 1 is 1.30 bits per heavy atom. The van der Waals surface area contributed by atoms with Crippen molar-refractivity contribution in [3.8, 4) is 0 Å². The number of hydrogen-bond donors (Lipinski definition) is 2. The third-order valence-electron chi connectivity index (χ3n) is 4.81. The lowest BCUT2D eigenvalue weighted by molar-refractivity contribution is 0.0982. The van der Waals surface area contributed by atoms with Gasteiger partial charge in [-0.05, 0) is 68.1 Å². The first-order valence-electron chi connectivity index (χ1n) is 8.74. The predicted octanol–water partition coefficient (Wildman–Crippen LogP) is 3.28. The summed E-state index contributed by atoms with van der Waals surface area (Å²) in [5.41, 5.74) is 1.56. The van der Waals surface area contributed by atoms with Crippen molar-refractivity contribution in [2.45, 2.75) is 51.5 Å². The van der Waals surface area contributed by atoms with E-state index in [9.17, 15) is 0 Å². The topological polar surface area (TPSA) is 39.7 Å². The summed E-state index contributed by atoms with van der Waals surface area (Å²) < 4.78 is 0. The summed E-state index contributed by atoms with van der Waals surface area (Å²) in [5.74, 6) is 1.40. The summed E-state index contributed by atoms with van der Waals surface area (Å²) in [5, 5.41) is 11.3. The summed E-state index contributed by atoms with van der Waals surface area (Å²) in [7, 11) is 1.85. The molecule has 1 fully saturated rings. The zero-order valence-corrected chi connectivity index (χ0v) is 15.9. The molecule has 0 aromatic carbocycles. The zero-order valence-electron chi connectivity index (χ0n) is 15.1. The average molecular weight is 337 g/mol. The summed E-state index contributed by atoms with van der Waals surface area (Å²) in [6.45, 7) is 11.2. The third-order valence-corrected chi connectivity index (χ3v) is 5.51. The minimum absolute atomic E-state index is 0.164. The lowest BCUT2D eigenvalue weighted by Crippen LogP contribution is -2.55. The van der Waals surface area contributed by atoms with Crippen LogP contribution in [0.2, 0.25) is 0 Å². The Morgan fingerprint density at radius 2 is 2.04 bits per heavy atom. The summed E-state index contributed by atoms with van der Waals surface area (Å²) in [6.07, 6.45) is 4.03. The Kier molecular flexibility index (Phi) is 6.90. The molecule has 0 aliphatic carbocycles. The fraction of sp³-hybridized carbons (Fsp3) is 0.722. The van der Waals surface area contributed by atoms with E-state index in [-0.39, 0.29) is 5.54 Å². The minimum atomic E-state index is 0.164. The van der Waals surface area contributed by atoms with E-state index in [1.54, 1.807) is 11.3 Å². The molecule has 2 heterocycles. The van der Waals surface area contributed by atoms with Gasteiger partial charge in [0.15, 0.2) is 5.96 Å². The van der Waals surface area contributed by atoms with Crippen molar-refractivity contribution >= 4 is 17.3 Å². The van der Waals surface area contributed by atoms with E-state index >= 15 is 0 Å². The molecule has 0 spiro atoms. The number of thiophene rings is 1. The number of likely N-dealkylation sites (tertiary alicyclic amines) is 1. The van der Waals surface area contributed by atoms with Crippen LogP contribution in [0.25, 0.3) is 0 Å². The normalized spacial score (nSPS) is 18.7. The minimum Gasteiger partial charge on any atom is -0.356 e. The number of nitrogens with zero attached hydrogens (tertiary/aromatic N) is 2. The molecule has 1 aromatic rings. The van der Waals surface area contributed by atoms with E-state index in [1.807, 2.05) is 7.05 Å². The summed E-state index contributed by atoms with van der Waals surface area (Å²) in [6, 6.07) is 2.20. The molecular weight excluding hydrogens is 304 g/mol. The molecule has 2 rings (SSSR count). The van der Waals surface area contributed by atoms with Crippen LogP contribution in [-0.2, 0) is 0 Å². The maximum atomic E-state index is 4.37. The van der Waals surface area contributed by atoms with Gasteiger partial charge in [-0.3, -0.25) is 9.89 Å². The first kappa shape index (κ1) is 18.3. The quantitative estimate of drug-likeness (QED) is 0.618. The molecule has 0 bridgehead atoms. The average Bonchev–Trinajstić information content (AvgIpc) is 3.10. The monoisotopic (exact) mass is 336 g/mol. The van der Waals surface area contributed by atoms with Gasteiger partial charge in [-0.1, -0.05) is 13.3 Å². The number of guanidine groups is 1. The highest BCUT2D eigenvalue weighted by Crippen LogP contribution is 2.20. The second-order valence-electron chi connectivity index (χ2n) is 7.12. The lowest BCUT2D eigenvalue weighted by Gasteiger charge is -2.41. The Hall–Kier alpha value is -1.07. The molecule has 1 aromatic heterocycles. The van der Waals surface area contributed by atoms with Crippen molar-refractivity contribution in [3.05, 3.63) is 22.4 Å². The Labute approximate surface area is 145 Å². The number of nitrogens with one attached hydrogen (secondary N) is 2. The smallest absolute Gasteiger partial charge is 0.191 e. The molecule has 1 unspecified atom stereocenters. The maximum absolute atomic E-state index is 4.37. The summed E-state index contributed by atoms with van der Waals surface area (Å²) >= 11 is 1.76. The van der Waals surface area contributed by atoms with Crippen molar-refractivity contribution in [2.24, 2.45) is 4.99 Å². The van der Waals surface area contributed by atoms with Crippen LogP contribution in [0.3, 0.4) is 0 Å². The van der Waals surface area contributed by atoms with Crippen molar-refractivity contribution in [1.82, 2.24) is 15.5 Å². The first-order valence-corrected chi connectivity index (χ1v) is 9.69. The van der Waals surface area contributed by atoms with Gasteiger partial charge in [0.1, 0.15) is 0 Å². The van der Waals surface area contributed by atoms with Gasteiger partial charge >= 0.3 is 0 Å². The Morgan fingerprint density at radius 3 is 2.65 bits per heavy atom. The molecule has 2 N–H and O–H groups in total. The van der Waals surface area contributed by atoms with Crippen LogP contribution in [0.15, 0.2) is 21.8 Å². The standard InChI is InChI=1S/C18H32N4S/c1-15(16-8-11-23-13-16)12-20-17(19-4)21-14-18(2,3)22-9-6-5-7-10-22/h8,11,13,15H,5-7,9-10,12,14H2,1-4H3,(H2,19,20,21). The van der Waals surface area contributed by atoms with Crippen molar-refractivity contribution in [1.29, 1.82) is 0 Å². The largest absolute Gasteiger partial charge is 0.356 e. The van der Waals surface area contributed by atoms with E-state index in [0.717, 1.165) is 19.0 Å². The predicted molar refractivity (Wildman–Crippen MR) is 102 cm³/mol. The van der Waals surface area contributed by atoms with Gasteiger partial charge in [0.05, 0.1) is 0 Å². The van der Waals surface area contributed by atoms with Gasteiger partial charge in [-0.25, -0.2) is 0 Å². The van der Waals surface area contributed by atoms with E-state index < -0.39 is 0 Å². The molecule has 1 atom stereocenters. The highest BCUT2D eigenvalue weighted by Gasteiger charge is 2.27.